The van der Waals surface area contributed by atoms with Crippen LogP contribution in [0.5, 0.6) is 0 Å². The first-order chi connectivity index (χ1) is 11.3. The van der Waals surface area contributed by atoms with Crippen LogP contribution < -0.4 is 0 Å². The molecular formula is C23H36. The summed E-state index contributed by atoms with van der Waals surface area (Å²) in [7, 11) is 0. The van der Waals surface area contributed by atoms with E-state index in [1.54, 1.807) is 5.56 Å². The molecule has 2 aliphatic rings. The smallest absolute Gasteiger partial charge is 0.0162 e. The van der Waals surface area contributed by atoms with Crippen LogP contribution in [0.25, 0.3) is 0 Å². The number of aryl methyl sites for hydroxylation is 1. The van der Waals surface area contributed by atoms with Crippen LogP contribution in [0.4, 0.5) is 0 Å². The van der Waals surface area contributed by atoms with E-state index in [0.29, 0.717) is 0 Å². The Morgan fingerprint density at radius 3 is 1.83 bits per heavy atom. The average molecular weight is 313 g/mol. The third kappa shape index (κ3) is 4.40. The van der Waals surface area contributed by atoms with Crippen molar-refractivity contribution in [2.45, 2.75) is 90.4 Å². The SMILES string of the molecule is CCCc1ccc(C2CCC(C3CCC(CC)CC3)CC2)cc1. The molecule has 128 valence electrons. The third-order valence-corrected chi connectivity index (χ3v) is 6.90. The molecule has 0 unspecified atom stereocenters. The van der Waals surface area contributed by atoms with Gasteiger partial charge >= 0.3 is 0 Å². The van der Waals surface area contributed by atoms with Crippen molar-refractivity contribution in [2.24, 2.45) is 17.8 Å². The third-order valence-electron chi connectivity index (χ3n) is 6.90. The lowest BCUT2D eigenvalue weighted by Crippen LogP contribution is -2.25. The number of rotatable bonds is 5. The van der Waals surface area contributed by atoms with E-state index in [1.165, 1.54) is 76.2 Å². The second-order valence-corrected chi connectivity index (χ2v) is 8.29. The van der Waals surface area contributed by atoms with Crippen LogP contribution in [0.3, 0.4) is 0 Å². The van der Waals surface area contributed by atoms with Crippen molar-refractivity contribution in [3.05, 3.63) is 35.4 Å². The molecule has 23 heavy (non-hydrogen) atoms. The molecule has 0 radical (unpaired) electrons. The number of benzene rings is 1. The minimum absolute atomic E-state index is 0.842. The first-order valence-electron chi connectivity index (χ1n) is 10.4. The lowest BCUT2D eigenvalue weighted by atomic mass is 9.68. The standard InChI is InChI=1S/C23H36/c1-3-5-19-8-12-21(13-9-19)23-16-14-22(15-17-23)20-10-6-18(4-2)7-11-20/h8-9,12-13,18,20,22-23H,3-7,10-11,14-17H2,1-2H3. The van der Waals surface area contributed by atoms with Crippen LogP contribution in [-0.2, 0) is 6.42 Å². The molecule has 0 aliphatic heterocycles. The summed E-state index contributed by atoms with van der Waals surface area (Å²) < 4.78 is 0. The molecule has 2 aliphatic carbocycles. The summed E-state index contributed by atoms with van der Waals surface area (Å²) in [6.07, 6.45) is 15.8. The highest BCUT2D eigenvalue weighted by Crippen LogP contribution is 2.44. The predicted molar refractivity (Wildman–Crippen MR) is 101 cm³/mol. The van der Waals surface area contributed by atoms with E-state index in [1.807, 2.05) is 0 Å². The van der Waals surface area contributed by atoms with Gasteiger partial charge in [-0.1, -0.05) is 63.8 Å². The minimum Gasteiger partial charge on any atom is -0.0651 e. The van der Waals surface area contributed by atoms with Gasteiger partial charge < -0.3 is 0 Å². The molecule has 0 heterocycles. The Kier molecular flexibility index (Phi) is 6.20. The van der Waals surface area contributed by atoms with Crippen LogP contribution in [0, 0.1) is 17.8 Å². The van der Waals surface area contributed by atoms with Crippen molar-refractivity contribution in [3.63, 3.8) is 0 Å². The zero-order chi connectivity index (χ0) is 16.1. The summed E-state index contributed by atoms with van der Waals surface area (Å²) in [5.74, 6) is 3.99. The van der Waals surface area contributed by atoms with Gasteiger partial charge in [0.2, 0.25) is 0 Å². The molecule has 0 heteroatoms. The molecule has 0 N–H and O–H groups in total. The molecule has 1 aromatic rings. The van der Waals surface area contributed by atoms with Gasteiger partial charge in [0.1, 0.15) is 0 Å². The Balaban J connectivity index is 1.48. The summed E-state index contributed by atoms with van der Waals surface area (Å²) in [5.41, 5.74) is 3.12. The van der Waals surface area contributed by atoms with Gasteiger partial charge in [0, 0.05) is 0 Å². The Morgan fingerprint density at radius 1 is 0.739 bits per heavy atom. The van der Waals surface area contributed by atoms with Crippen molar-refractivity contribution in [2.75, 3.05) is 0 Å². The van der Waals surface area contributed by atoms with Crippen LogP contribution >= 0.6 is 0 Å². The van der Waals surface area contributed by atoms with Gasteiger partial charge in [-0.25, -0.2) is 0 Å². The quantitative estimate of drug-likeness (QED) is 0.542. The fraction of sp³-hybridized carbons (Fsp3) is 0.739. The fourth-order valence-electron chi connectivity index (χ4n) is 5.24. The van der Waals surface area contributed by atoms with Crippen molar-refractivity contribution in [3.8, 4) is 0 Å². The number of hydrogen-bond donors (Lipinski definition) is 0. The summed E-state index contributed by atoms with van der Waals surface area (Å²) in [5, 5.41) is 0. The van der Waals surface area contributed by atoms with Crippen molar-refractivity contribution >= 4 is 0 Å². The summed E-state index contributed by atoms with van der Waals surface area (Å²) in [6.45, 7) is 4.64. The second-order valence-electron chi connectivity index (χ2n) is 8.29. The van der Waals surface area contributed by atoms with E-state index in [9.17, 15) is 0 Å². The zero-order valence-electron chi connectivity index (χ0n) is 15.4. The van der Waals surface area contributed by atoms with Crippen LogP contribution in [0.2, 0.25) is 0 Å². The van der Waals surface area contributed by atoms with Crippen molar-refractivity contribution < 1.29 is 0 Å². The van der Waals surface area contributed by atoms with Gasteiger partial charge in [-0.05, 0) is 79.7 Å². The lowest BCUT2D eigenvalue weighted by molar-refractivity contribution is 0.158. The summed E-state index contributed by atoms with van der Waals surface area (Å²) >= 11 is 0. The molecule has 0 amide bonds. The maximum Gasteiger partial charge on any atom is -0.0162 e. The predicted octanol–water partition coefficient (Wildman–Crippen LogP) is 7.13. The maximum absolute atomic E-state index is 2.42. The monoisotopic (exact) mass is 312 g/mol. The van der Waals surface area contributed by atoms with Crippen LogP contribution in [-0.4, -0.2) is 0 Å². The molecule has 0 aromatic heterocycles. The molecule has 2 saturated carbocycles. The average Bonchev–Trinajstić information content (AvgIpc) is 2.63. The molecule has 0 saturated heterocycles. The topological polar surface area (TPSA) is 0 Å². The highest BCUT2D eigenvalue weighted by Gasteiger charge is 2.30. The fourth-order valence-corrected chi connectivity index (χ4v) is 5.24. The van der Waals surface area contributed by atoms with E-state index in [-0.39, 0.29) is 0 Å². The van der Waals surface area contributed by atoms with E-state index < -0.39 is 0 Å². The van der Waals surface area contributed by atoms with Gasteiger partial charge in [0.25, 0.3) is 0 Å². The van der Waals surface area contributed by atoms with Gasteiger partial charge in [-0.2, -0.15) is 0 Å². The maximum atomic E-state index is 2.42. The Labute approximate surface area is 144 Å². The van der Waals surface area contributed by atoms with Crippen molar-refractivity contribution in [1.29, 1.82) is 0 Å². The molecular weight excluding hydrogens is 276 g/mol. The van der Waals surface area contributed by atoms with Gasteiger partial charge in [0.05, 0.1) is 0 Å². The van der Waals surface area contributed by atoms with Gasteiger partial charge in [-0.15, -0.1) is 0 Å². The van der Waals surface area contributed by atoms with Crippen molar-refractivity contribution in [1.82, 2.24) is 0 Å². The van der Waals surface area contributed by atoms with Crippen LogP contribution in [0.15, 0.2) is 24.3 Å². The highest BCUT2D eigenvalue weighted by molar-refractivity contribution is 5.25. The first-order valence-corrected chi connectivity index (χ1v) is 10.4. The molecule has 0 spiro atoms. The van der Waals surface area contributed by atoms with Gasteiger partial charge in [0.15, 0.2) is 0 Å². The lowest BCUT2D eigenvalue weighted by Gasteiger charge is -2.38. The minimum atomic E-state index is 0.842. The Bertz CT molecular complexity index is 441. The molecule has 0 atom stereocenters. The first kappa shape index (κ1) is 17.1. The Hall–Kier alpha value is -0.780. The second kappa shape index (κ2) is 8.36. The normalized spacial score (nSPS) is 31.9. The Morgan fingerprint density at radius 2 is 1.30 bits per heavy atom. The zero-order valence-corrected chi connectivity index (χ0v) is 15.4. The van der Waals surface area contributed by atoms with Gasteiger partial charge in [-0.3, -0.25) is 0 Å². The van der Waals surface area contributed by atoms with Crippen LogP contribution in [0.1, 0.15) is 95.1 Å². The van der Waals surface area contributed by atoms with E-state index in [2.05, 4.69) is 38.1 Å². The molecule has 0 nitrogen and oxygen atoms in total. The highest BCUT2D eigenvalue weighted by atomic mass is 14.4. The molecule has 0 bridgehead atoms. The van der Waals surface area contributed by atoms with E-state index >= 15 is 0 Å². The largest absolute Gasteiger partial charge is 0.0651 e. The van der Waals surface area contributed by atoms with E-state index in [0.717, 1.165) is 23.7 Å². The molecule has 2 fully saturated rings. The summed E-state index contributed by atoms with van der Waals surface area (Å²) in [6, 6.07) is 9.58. The van der Waals surface area contributed by atoms with E-state index in [4.69, 9.17) is 0 Å². The summed E-state index contributed by atoms with van der Waals surface area (Å²) in [4.78, 5) is 0. The molecule has 1 aromatic carbocycles. The molecule has 3 rings (SSSR count). The number of hydrogen-bond acceptors (Lipinski definition) is 0.